The predicted octanol–water partition coefficient (Wildman–Crippen LogP) is 5.99. The van der Waals surface area contributed by atoms with Crippen LogP contribution in [0.2, 0.25) is 0 Å². The van der Waals surface area contributed by atoms with Crippen LogP contribution in [0.3, 0.4) is 0 Å². The molecule has 12 heteroatoms. The summed E-state index contributed by atoms with van der Waals surface area (Å²) < 4.78 is 27.3. The Kier molecular flexibility index (Phi) is 9.98. The Hall–Kier alpha value is -5.91. The fourth-order valence-corrected chi connectivity index (χ4v) is 6.01. The van der Waals surface area contributed by atoms with Gasteiger partial charge in [0.1, 0.15) is 34.6 Å². The number of methoxy groups -OCH3 is 5. The highest BCUT2D eigenvalue weighted by Gasteiger charge is 2.49. The summed E-state index contributed by atoms with van der Waals surface area (Å²) in [6.07, 6.45) is 5.70. The first-order chi connectivity index (χ1) is 24.3. The highest BCUT2D eigenvalue weighted by Crippen LogP contribution is 2.41. The summed E-state index contributed by atoms with van der Waals surface area (Å²) in [5, 5.41) is 4.45. The lowest BCUT2D eigenvalue weighted by molar-refractivity contribution is -0.143. The summed E-state index contributed by atoms with van der Waals surface area (Å²) in [6, 6.07) is 17.2. The highest BCUT2D eigenvalue weighted by atomic mass is 16.5. The van der Waals surface area contributed by atoms with Crippen molar-refractivity contribution in [2.24, 2.45) is 11.8 Å². The molecule has 1 saturated carbocycles. The Morgan fingerprint density at radius 2 is 1.48 bits per heavy atom. The van der Waals surface area contributed by atoms with Gasteiger partial charge in [-0.25, -0.2) is 9.97 Å². The number of rotatable bonds is 13. The van der Waals surface area contributed by atoms with Crippen LogP contribution in [0, 0.1) is 18.8 Å². The van der Waals surface area contributed by atoms with E-state index in [1.54, 1.807) is 47.0 Å². The number of pyridine rings is 3. The number of esters is 1. The molecule has 1 fully saturated rings. The number of benzene rings is 2. The molecule has 12 nitrogen and oxygen atoms in total. The van der Waals surface area contributed by atoms with Crippen molar-refractivity contribution in [3.8, 4) is 34.3 Å². The third kappa shape index (κ3) is 7.09. The molecule has 0 radical (unpaired) electrons. The Balaban J connectivity index is 1.49. The maximum absolute atomic E-state index is 13.0. The summed E-state index contributed by atoms with van der Waals surface area (Å²) in [5.74, 6) is 2.14. The van der Waals surface area contributed by atoms with Gasteiger partial charge in [-0.2, -0.15) is 0 Å². The van der Waals surface area contributed by atoms with Crippen LogP contribution in [0.25, 0.3) is 22.0 Å². The molecule has 0 aliphatic heterocycles. The number of fused-ring (bicyclic) bond motifs is 1. The molecule has 3 aromatic heterocycles. The molecule has 0 saturated heterocycles. The molecule has 50 heavy (non-hydrogen) atoms. The molecule has 5 aromatic rings. The normalized spacial score (nSPS) is 14.8. The third-order valence-corrected chi connectivity index (χ3v) is 8.90. The Morgan fingerprint density at radius 1 is 0.820 bits per heavy atom. The fourth-order valence-electron chi connectivity index (χ4n) is 6.01. The van der Waals surface area contributed by atoms with Gasteiger partial charge in [0.25, 0.3) is 0 Å². The molecule has 0 bridgehead atoms. The number of ether oxygens (including phenoxy) is 5. The van der Waals surface area contributed by atoms with E-state index in [0.717, 1.165) is 33.0 Å². The number of carbonyl (C=O) groups is 2. The fraction of sp³-hybridized carbons (Fsp3) is 0.289. The van der Waals surface area contributed by atoms with E-state index in [1.165, 1.54) is 7.11 Å². The minimum absolute atomic E-state index is 0.273. The zero-order chi connectivity index (χ0) is 35.4. The van der Waals surface area contributed by atoms with Crippen molar-refractivity contribution in [3.63, 3.8) is 0 Å². The van der Waals surface area contributed by atoms with Gasteiger partial charge in [-0.05, 0) is 66.8 Å². The molecule has 2 aromatic carbocycles. The molecule has 1 N–H and O–H groups in total. The van der Waals surface area contributed by atoms with Gasteiger partial charge in [0, 0.05) is 65.9 Å². The minimum atomic E-state index is -0.448. The second-order valence-electron chi connectivity index (χ2n) is 12.0. The second kappa shape index (κ2) is 14.7. The largest absolute Gasteiger partial charge is 0.497 e. The number of hydrogen-bond donors (Lipinski definition) is 1. The lowest BCUT2D eigenvalue weighted by atomic mass is 10.0. The number of hydrogen-bond acceptors (Lipinski definition) is 11. The molecule has 6 rings (SSSR count). The molecular formula is C38H39N5O7. The summed E-state index contributed by atoms with van der Waals surface area (Å²) in [6.45, 7) is 2.81. The topological polar surface area (TPSA) is 134 Å². The molecule has 1 amide bonds. The lowest BCUT2D eigenvalue weighted by Gasteiger charge is -2.28. The van der Waals surface area contributed by atoms with Gasteiger partial charge in [0.05, 0.1) is 53.1 Å². The van der Waals surface area contributed by atoms with Gasteiger partial charge >= 0.3 is 5.97 Å². The molecule has 2 unspecified atom stereocenters. The predicted molar refractivity (Wildman–Crippen MR) is 189 cm³/mol. The molecular weight excluding hydrogens is 638 g/mol. The van der Waals surface area contributed by atoms with Gasteiger partial charge in [0.15, 0.2) is 0 Å². The van der Waals surface area contributed by atoms with Gasteiger partial charge < -0.3 is 33.9 Å². The molecule has 1 aliphatic carbocycles. The van der Waals surface area contributed by atoms with Gasteiger partial charge in [-0.3, -0.25) is 14.6 Å². The first-order valence-electron chi connectivity index (χ1n) is 16.0. The van der Waals surface area contributed by atoms with Crippen molar-refractivity contribution in [1.29, 1.82) is 0 Å². The number of aryl methyl sites for hydroxylation is 1. The number of carbonyl (C=O) groups excluding carboxylic acids is 2. The van der Waals surface area contributed by atoms with Crippen LogP contribution in [0.15, 0.2) is 73.2 Å². The molecule has 1 aliphatic rings. The van der Waals surface area contributed by atoms with Crippen LogP contribution in [-0.4, -0.2) is 62.4 Å². The van der Waals surface area contributed by atoms with E-state index in [1.807, 2.05) is 61.5 Å². The standard InChI is InChI=1S/C38H39N5O7/c1-22-11-12-39-18-30(22)32-13-25-14-35(42-37(44)28-17-29(28)38(45)50-6)40-19-31(25)36(41-32)43(20-23-7-9-26(46-2)15-33(23)48-4)21-24-8-10-27(47-3)16-34(24)49-5/h7-16,18-19,28-29H,17,20-21H2,1-6H3,(H,40,42,44). The van der Waals surface area contributed by atoms with E-state index in [0.29, 0.717) is 59.8 Å². The number of aromatic nitrogens is 3. The van der Waals surface area contributed by atoms with Crippen LogP contribution in [-0.2, 0) is 27.4 Å². The third-order valence-electron chi connectivity index (χ3n) is 8.90. The van der Waals surface area contributed by atoms with Gasteiger partial charge in [0.2, 0.25) is 5.91 Å². The van der Waals surface area contributed by atoms with Crippen molar-refractivity contribution in [3.05, 3.63) is 89.9 Å². The number of anilines is 2. The maximum Gasteiger partial charge on any atom is 0.309 e. The van der Waals surface area contributed by atoms with E-state index in [-0.39, 0.29) is 11.9 Å². The van der Waals surface area contributed by atoms with E-state index in [9.17, 15) is 9.59 Å². The highest BCUT2D eigenvalue weighted by molar-refractivity contribution is 6.01. The summed E-state index contributed by atoms with van der Waals surface area (Å²) in [7, 11) is 7.81. The van der Waals surface area contributed by atoms with Crippen molar-refractivity contribution in [1.82, 2.24) is 15.0 Å². The average molecular weight is 678 g/mol. The smallest absolute Gasteiger partial charge is 0.309 e. The van der Waals surface area contributed by atoms with Crippen LogP contribution in [0.4, 0.5) is 11.6 Å². The summed E-state index contributed by atoms with van der Waals surface area (Å²) in [4.78, 5) is 41.4. The monoisotopic (exact) mass is 677 g/mol. The first kappa shape index (κ1) is 34.0. The Bertz CT molecular complexity index is 2000. The SMILES string of the molecule is COC(=O)C1CC1C(=O)Nc1cc2cc(-c3cnccc3C)nc(N(Cc3ccc(OC)cc3OC)Cc3ccc(OC)cc3OC)c2cn1. The van der Waals surface area contributed by atoms with E-state index >= 15 is 0 Å². The minimum Gasteiger partial charge on any atom is -0.497 e. The second-order valence-corrected chi connectivity index (χ2v) is 12.0. The zero-order valence-corrected chi connectivity index (χ0v) is 28.9. The number of nitrogens with one attached hydrogen (secondary N) is 1. The first-order valence-corrected chi connectivity index (χ1v) is 16.0. The lowest BCUT2D eigenvalue weighted by Crippen LogP contribution is -2.24. The Morgan fingerprint density at radius 3 is 2.06 bits per heavy atom. The average Bonchev–Trinajstić information content (AvgIpc) is 3.95. The van der Waals surface area contributed by atoms with Gasteiger partial charge in [-0.1, -0.05) is 0 Å². The van der Waals surface area contributed by atoms with Crippen LogP contribution >= 0.6 is 0 Å². The molecule has 3 heterocycles. The van der Waals surface area contributed by atoms with Crippen LogP contribution in [0.1, 0.15) is 23.1 Å². The van der Waals surface area contributed by atoms with Crippen molar-refractivity contribution < 1.29 is 33.3 Å². The van der Waals surface area contributed by atoms with Crippen LogP contribution in [0.5, 0.6) is 23.0 Å². The van der Waals surface area contributed by atoms with Gasteiger partial charge in [-0.15, -0.1) is 0 Å². The number of nitrogens with zero attached hydrogens (tertiary/aromatic N) is 4. The van der Waals surface area contributed by atoms with Crippen molar-refractivity contribution >= 4 is 34.3 Å². The quantitative estimate of drug-likeness (QED) is 0.147. The zero-order valence-electron chi connectivity index (χ0n) is 28.9. The number of amides is 1. The van der Waals surface area contributed by atoms with E-state index < -0.39 is 11.8 Å². The van der Waals surface area contributed by atoms with Crippen molar-refractivity contribution in [2.75, 3.05) is 45.8 Å². The maximum atomic E-state index is 13.0. The van der Waals surface area contributed by atoms with E-state index in [2.05, 4.69) is 20.2 Å². The summed E-state index contributed by atoms with van der Waals surface area (Å²) >= 11 is 0. The summed E-state index contributed by atoms with van der Waals surface area (Å²) in [5.41, 5.74) is 4.37. The van der Waals surface area contributed by atoms with Crippen molar-refractivity contribution in [2.45, 2.75) is 26.4 Å². The van der Waals surface area contributed by atoms with E-state index in [4.69, 9.17) is 28.7 Å². The molecule has 0 spiro atoms. The molecule has 258 valence electrons. The van der Waals surface area contributed by atoms with Crippen LogP contribution < -0.4 is 29.2 Å². The molecule has 2 atom stereocenters. The Labute approximate surface area is 290 Å².